The minimum atomic E-state index is -3.26. The number of aromatic nitrogens is 2. The Morgan fingerprint density at radius 1 is 1.10 bits per heavy atom. The molecule has 1 aromatic heterocycles. The molecule has 0 saturated heterocycles. The molecule has 2 aromatic carbocycles. The summed E-state index contributed by atoms with van der Waals surface area (Å²) >= 11 is 0. The van der Waals surface area contributed by atoms with E-state index in [0.29, 0.717) is 29.7 Å². The number of rotatable bonds is 6. The van der Waals surface area contributed by atoms with Crippen molar-refractivity contribution in [2.24, 2.45) is 0 Å². The molecule has 0 radical (unpaired) electrons. The first-order valence-electron chi connectivity index (χ1n) is 13.8. The molecule has 39 heavy (non-hydrogen) atoms. The SMILES string of the molecule is CCS(=O)(=O)c1ccc(CNC(=O)N2CC3(CCCC3)c3cc(-c4c(O)nc(C)nc4C4CC4)ccc32)cc1. The first kappa shape index (κ1) is 25.8. The van der Waals surface area contributed by atoms with Gasteiger partial charge in [-0.2, -0.15) is 4.98 Å². The van der Waals surface area contributed by atoms with Gasteiger partial charge >= 0.3 is 6.03 Å². The summed E-state index contributed by atoms with van der Waals surface area (Å²) in [6, 6.07) is 12.6. The Morgan fingerprint density at radius 2 is 1.82 bits per heavy atom. The fourth-order valence-electron chi connectivity index (χ4n) is 6.25. The lowest BCUT2D eigenvalue weighted by Crippen LogP contribution is -2.41. The van der Waals surface area contributed by atoms with Crippen molar-refractivity contribution in [3.63, 3.8) is 0 Å². The van der Waals surface area contributed by atoms with Gasteiger partial charge in [0.1, 0.15) is 5.82 Å². The summed E-state index contributed by atoms with van der Waals surface area (Å²) in [7, 11) is -3.26. The molecule has 0 bridgehead atoms. The third-order valence-corrected chi connectivity index (χ3v) is 10.3. The maximum Gasteiger partial charge on any atom is 0.322 e. The molecular weight excluding hydrogens is 512 g/mol. The Labute approximate surface area is 229 Å². The largest absolute Gasteiger partial charge is 0.493 e. The number of nitrogens with one attached hydrogen (secondary N) is 1. The van der Waals surface area contributed by atoms with Gasteiger partial charge < -0.3 is 10.4 Å². The van der Waals surface area contributed by atoms with Crippen LogP contribution in [0.2, 0.25) is 0 Å². The molecule has 2 N–H and O–H groups in total. The molecule has 2 heterocycles. The molecule has 6 rings (SSSR count). The lowest BCUT2D eigenvalue weighted by molar-refractivity contribution is 0.245. The number of sulfone groups is 1. The van der Waals surface area contributed by atoms with Gasteiger partial charge in [-0.1, -0.05) is 38.0 Å². The highest BCUT2D eigenvalue weighted by Gasteiger charge is 2.46. The van der Waals surface area contributed by atoms with Crippen LogP contribution in [0.4, 0.5) is 10.5 Å². The minimum Gasteiger partial charge on any atom is -0.493 e. The van der Waals surface area contributed by atoms with Crippen LogP contribution in [0.3, 0.4) is 0 Å². The summed E-state index contributed by atoms with van der Waals surface area (Å²) in [6.07, 6.45) is 6.43. The fourth-order valence-corrected chi connectivity index (χ4v) is 7.13. The monoisotopic (exact) mass is 546 g/mol. The van der Waals surface area contributed by atoms with Gasteiger partial charge in [-0.05, 0) is 73.6 Å². The van der Waals surface area contributed by atoms with Crippen molar-refractivity contribution in [2.75, 3.05) is 17.2 Å². The molecular formula is C30H34N4O4S. The number of aryl methyl sites for hydroxylation is 1. The number of carbonyl (C=O) groups is 1. The third kappa shape index (κ3) is 4.67. The average Bonchev–Trinajstić information content (AvgIpc) is 3.59. The number of fused-ring (bicyclic) bond motifs is 2. The van der Waals surface area contributed by atoms with E-state index in [-0.39, 0.29) is 23.1 Å². The molecule has 1 spiro atoms. The van der Waals surface area contributed by atoms with E-state index >= 15 is 0 Å². The Balaban J connectivity index is 1.28. The number of hydrogen-bond acceptors (Lipinski definition) is 6. The van der Waals surface area contributed by atoms with Gasteiger partial charge in [0.25, 0.3) is 0 Å². The van der Waals surface area contributed by atoms with E-state index in [1.165, 1.54) is 0 Å². The molecule has 2 saturated carbocycles. The standard InChI is InChI=1S/C30H34N4O4S/c1-3-39(37,38)23-11-6-20(7-12-23)17-31-29(36)34-18-30(14-4-5-15-30)24-16-22(10-13-25(24)34)26-27(21-8-9-21)32-19(2)33-28(26)35/h6-7,10-13,16,21H,3-5,8-9,14-15,17-18H2,1-2H3,(H,31,36)(H,32,33,35). The lowest BCUT2D eigenvalue weighted by atomic mass is 9.80. The molecule has 2 amide bonds. The van der Waals surface area contributed by atoms with Gasteiger partial charge in [-0.15, -0.1) is 0 Å². The molecule has 0 unspecified atom stereocenters. The van der Waals surface area contributed by atoms with Crippen LogP contribution >= 0.6 is 0 Å². The predicted octanol–water partition coefficient (Wildman–Crippen LogP) is 5.37. The van der Waals surface area contributed by atoms with Crippen LogP contribution < -0.4 is 10.2 Å². The molecule has 1 aliphatic heterocycles. The number of urea groups is 1. The summed E-state index contributed by atoms with van der Waals surface area (Å²) < 4.78 is 24.2. The highest BCUT2D eigenvalue weighted by molar-refractivity contribution is 7.91. The van der Waals surface area contributed by atoms with Crippen LogP contribution in [0.1, 0.15) is 74.0 Å². The normalized spacial score (nSPS) is 17.9. The second kappa shape index (κ2) is 9.62. The van der Waals surface area contributed by atoms with E-state index in [2.05, 4.69) is 16.4 Å². The summed E-state index contributed by atoms with van der Waals surface area (Å²) in [5, 5.41) is 13.9. The van der Waals surface area contributed by atoms with E-state index in [4.69, 9.17) is 4.98 Å². The van der Waals surface area contributed by atoms with E-state index in [0.717, 1.165) is 72.2 Å². The average molecular weight is 547 g/mol. The van der Waals surface area contributed by atoms with E-state index < -0.39 is 9.84 Å². The molecule has 3 aromatic rings. The minimum absolute atomic E-state index is 0.0233. The van der Waals surface area contributed by atoms with Crippen LogP contribution in [0, 0.1) is 6.92 Å². The summed E-state index contributed by atoms with van der Waals surface area (Å²) in [4.78, 5) is 24.5. The zero-order valence-electron chi connectivity index (χ0n) is 22.4. The van der Waals surface area contributed by atoms with E-state index in [1.807, 2.05) is 24.0 Å². The molecule has 2 fully saturated rings. The lowest BCUT2D eigenvalue weighted by Gasteiger charge is -2.25. The van der Waals surface area contributed by atoms with E-state index in [1.54, 1.807) is 31.2 Å². The Morgan fingerprint density at radius 3 is 2.49 bits per heavy atom. The maximum absolute atomic E-state index is 13.5. The number of hydrogen-bond donors (Lipinski definition) is 2. The van der Waals surface area contributed by atoms with Gasteiger partial charge in [-0.3, -0.25) is 4.90 Å². The first-order valence-corrected chi connectivity index (χ1v) is 15.5. The van der Waals surface area contributed by atoms with Crippen molar-refractivity contribution in [3.8, 4) is 17.0 Å². The number of anilines is 1. The van der Waals surface area contributed by atoms with Crippen molar-refractivity contribution in [2.45, 2.75) is 75.1 Å². The van der Waals surface area contributed by atoms with Gasteiger partial charge in [0, 0.05) is 30.1 Å². The molecule has 0 atom stereocenters. The predicted molar refractivity (Wildman–Crippen MR) is 150 cm³/mol. The van der Waals surface area contributed by atoms with Crippen LogP contribution in [-0.2, 0) is 21.8 Å². The summed E-state index contributed by atoms with van der Waals surface area (Å²) in [6.45, 7) is 4.36. The number of amides is 2. The Hall–Kier alpha value is -3.46. The van der Waals surface area contributed by atoms with Crippen molar-refractivity contribution in [1.29, 1.82) is 0 Å². The topological polar surface area (TPSA) is 112 Å². The van der Waals surface area contributed by atoms with Crippen molar-refractivity contribution >= 4 is 21.6 Å². The summed E-state index contributed by atoms with van der Waals surface area (Å²) in [5.74, 6) is 1.02. The number of aromatic hydroxyl groups is 1. The zero-order valence-corrected chi connectivity index (χ0v) is 23.2. The van der Waals surface area contributed by atoms with Gasteiger partial charge in [0.2, 0.25) is 5.88 Å². The molecule has 3 aliphatic rings. The molecule has 8 nitrogen and oxygen atoms in total. The molecule has 204 valence electrons. The van der Waals surface area contributed by atoms with Crippen molar-refractivity contribution in [3.05, 3.63) is 65.1 Å². The van der Waals surface area contributed by atoms with Crippen molar-refractivity contribution < 1.29 is 18.3 Å². The number of nitrogens with zero attached hydrogens (tertiary/aromatic N) is 3. The highest BCUT2D eigenvalue weighted by Crippen LogP contribution is 2.53. The first-order chi connectivity index (χ1) is 18.7. The smallest absolute Gasteiger partial charge is 0.322 e. The van der Waals surface area contributed by atoms with Crippen molar-refractivity contribution in [1.82, 2.24) is 15.3 Å². The third-order valence-electron chi connectivity index (χ3n) is 8.51. The van der Waals surface area contributed by atoms with Gasteiger partial charge in [0.15, 0.2) is 9.84 Å². The van der Waals surface area contributed by atoms with Crippen LogP contribution in [-0.4, -0.2) is 41.8 Å². The fraction of sp³-hybridized carbons (Fsp3) is 0.433. The highest BCUT2D eigenvalue weighted by atomic mass is 32.2. The molecule has 9 heteroatoms. The number of carbonyl (C=O) groups excluding carboxylic acids is 1. The Kier molecular flexibility index (Phi) is 6.37. The van der Waals surface area contributed by atoms with Crippen LogP contribution in [0.25, 0.3) is 11.1 Å². The van der Waals surface area contributed by atoms with Crippen LogP contribution in [0.15, 0.2) is 47.4 Å². The maximum atomic E-state index is 13.5. The van der Waals surface area contributed by atoms with Crippen LogP contribution in [0.5, 0.6) is 5.88 Å². The van der Waals surface area contributed by atoms with E-state index in [9.17, 15) is 18.3 Å². The quantitative estimate of drug-likeness (QED) is 0.430. The number of benzene rings is 2. The second-order valence-corrected chi connectivity index (χ2v) is 13.4. The molecule has 2 aliphatic carbocycles. The van der Waals surface area contributed by atoms with Gasteiger partial charge in [0.05, 0.1) is 21.9 Å². The zero-order chi connectivity index (χ0) is 27.4. The second-order valence-electron chi connectivity index (χ2n) is 11.1. The summed E-state index contributed by atoms with van der Waals surface area (Å²) in [5.41, 5.74) is 5.35. The Bertz CT molecular complexity index is 1540. The van der Waals surface area contributed by atoms with Gasteiger partial charge in [-0.25, -0.2) is 18.2 Å².